The summed E-state index contributed by atoms with van der Waals surface area (Å²) >= 11 is 0. The van der Waals surface area contributed by atoms with Gasteiger partial charge in [-0.2, -0.15) is 0 Å². The maximum atomic E-state index is 5.10. The first kappa shape index (κ1) is 16.9. The van der Waals surface area contributed by atoms with Crippen LogP contribution in [0.5, 0.6) is 0 Å². The van der Waals surface area contributed by atoms with Crippen molar-refractivity contribution in [3.05, 3.63) is 0 Å². The molecule has 0 bridgehead atoms. The Bertz CT molecular complexity index is 172. The third kappa shape index (κ3) is 8.58. The van der Waals surface area contributed by atoms with Crippen LogP contribution in [-0.4, -0.2) is 51.3 Å². The van der Waals surface area contributed by atoms with Gasteiger partial charge in [0.2, 0.25) is 0 Å². The number of ether oxygens (including phenoxy) is 1. The molecule has 0 aromatic heterocycles. The highest BCUT2D eigenvalue weighted by molar-refractivity contribution is 4.75. The summed E-state index contributed by atoms with van der Waals surface area (Å²) in [4.78, 5) is 2.46. The Balaban J connectivity index is 3.94. The van der Waals surface area contributed by atoms with E-state index in [1.807, 2.05) is 0 Å². The Morgan fingerprint density at radius 3 is 2.24 bits per heavy atom. The van der Waals surface area contributed by atoms with Crippen LogP contribution in [0.15, 0.2) is 0 Å². The van der Waals surface area contributed by atoms with Crippen LogP contribution in [0.4, 0.5) is 0 Å². The van der Waals surface area contributed by atoms with Gasteiger partial charge in [0.15, 0.2) is 0 Å². The van der Waals surface area contributed by atoms with Crippen LogP contribution in [0.1, 0.15) is 34.1 Å². The SMILES string of the molecule is COCCCN(C)C(CNCC(C)C)C(C)C. The van der Waals surface area contributed by atoms with Crippen LogP contribution < -0.4 is 5.32 Å². The lowest BCUT2D eigenvalue weighted by atomic mass is 10.0. The largest absolute Gasteiger partial charge is 0.385 e. The van der Waals surface area contributed by atoms with E-state index in [2.05, 4.69) is 45.0 Å². The van der Waals surface area contributed by atoms with Crippen molar-refractivity contribution in [2.75, 3.05) is 40.4 Å². The second-order valence-electron chi connectivity index (χ2n) is 5.69. The fourth-order valence-electron chi connectivity index (χ4n) is 2.04. The van der Waals surface area contributed by atoms with Gasteiger partial charge < -0.3 is 15.0 Å². The van der Waals surface area contributed by atoms with E-state index >= 15 is 0 Å². The van der Waals surface area contributed by atoms with Crippen molar-refractivity contribution >= 4 is 0 Å². The Morgan fingerprint density at radius 1 is 1.12 bits per heavy atom. The molecule has 1 atom stereocenters. The minimum Gasteiger partial charge on any atom is -0.385 e. The topological polar surface area (TPSA) is 24.5 Å². The highest BCUT2D eigenvalue weighted by Gasteiger charge is 2.17. The molecule has 0 heterocycles. The van der Waals surface area contributed by atoms with Gasteiger partial charge in [0.1, 0.15) is 0 Å². The summed E-state index contributed by atoms with van der Waals surface area (Å²) in [7, 11) is 3.99. The first-order valence-corrected chi connectivity index (χ1v) is 6.88. The molecule has 1 N–H and O–H groups in total. The van der Waals surface area contributed by atoms with Gasteiger partial charge in [0.05, 0.1) is 0 Å². The van der Waals surface area contributed by atoms with Crippen LogP contribution >= 0.6 is 0 Å². The van der Waals surface area contributed by atoms with Gasteiger partial charge in [-0.05, 0) is 31.8 Å². The molecule has 3 heteroatoms. The average Bonchev–Trinajstić information content (AvgIpc) is 2.23. The molecule has 0 aliphatic carbocycles. The molecule has 0 rings (SSSR count). The third-order valence-corrected chi connectivity index (χ3v) is 3.10. The van der Waals surface area contributed by atoms with Gasteiger partial charge >= 0.3 is 0 Å². The molecule has 0 amide bonds. The molecule has 0 fully saturated rings. The van der Waals surface area contributed by atoms with Gasteiger partial charge in [-0.15, -0.1) is 0 Å². The van der Waals surface area contributed by atoms with Crippen molar-refractivity contribution in [3.63, 3.8) is 0 Å². The van der Waals surface area contributed by atoms with Crippen LogP contribution in [0.25, 0.3) is 0 Å². The van der Waals surface area contributed by atoms with E-state index in [4.69, 9.17) is 4.74 Å². The molecule has 0 saturated heterocycles. The van der Waals surface area contributed by atoms with Crippen molar-refractivity contribution in [3.8, 4) is 0 Å². The molecule has 0 aliphatic heterocycles. The fourth-order valence-corrected chi connectivity index (χ4v) is 2.04. The van der Waals surface area contributed by atoms with Gasteiger partial charge in [-0.1, -0.05) is 27.7 Å². The minimum atomic E-state index is 0.616. The van der Waals surface area contributed by atoms with Crippen LogP contribution in [0.2, 0.25) is 0 Å². The Kier molecular flexibility index (Phi) is 9.79. The predicted octanol–water partition coefficient (Wildman–Crippen LogP) is 2.22. The van der Waals surface area contributed by atoms with Crippen molar-refractivity contribution in [1.29, 1.82) is 0 Å². The first-order chi connectivity index (χ1) is 7.99. The number of hydrogen-bond donors (Lipinski definition) is 1. The van der Waals surface area contributed by atoms with Crippen LogP contribution in [-0.2, 0) is 4.74 Å². The van der Waals surface area contributed by atoms with Gasteiger partial charge in [-0.25, -0.2) is 0 Å². The normalized spacial score (nSPS) is 13.9. The Morgan fingerprint density at radius 2 is 1.76 bits per heavy atom. The number of likely N-dealkylation sites (N-methyl/N-ethyl adjacent to an activating group) is 1. The van der Waals surface area contributed by atoms with E-state index in [0.717, 1.165) is 38.6 Å². The second kappa shape index (κ2) is 9.86. The van der Waals surface area contributed by atoms with Crippen molar-refractivity contribution in [2.24, 2.45) is 11.8 Å². The summed E-state index contributed by atoms with van der Waals surface area (Å²) in [5, 5.41) is 3.56. The number of hydrogen-bond acceptors (Lipinski definition) is 3. The molecule has 0 aliphatic rings. The average molecular weight is 244 g/mol. The zero-order valence-corrected chi connectivity index (χ0v) is 12.6. The molecule has 104 valence electrons. The first-order valence-electron chi connectivity index (χ1n) is 6.88. The summed E-state index contributed by atoms with van der Waals surface area (Å²) < 4.78 is 5.10. The standard InChI is InChI=1S/C14H32N2O/c1-12(2)10-15-11-14(13(3)4)16(5)8-7-9-17-6/h12-15H,7-11H2,1-6H3. The van der Waals surface area contributed by atoms with E-state index in [1.54, 1.807) is 7.11 Å². The van der Waals surface area contributed by atoms with E-state index in [0.29, 0.717) is 12.0 Å². The number of nitrogens with zero attached hydrogens (tertiary/aromatic N) is 1. The second-order valence-corrected chi connectivity index (χ2v) is 5.69. The van der Waals surface area contributed by atoms with Gasteiger partial charge in [0, 0.05) is 32.8 Å². The quantitative estimate of drug-likeness (QED) is 0.596. The fraction of sp³-hybridized carbons (Fsp3) is 1.00. The van der Waals surface area contributed by atoms with E-state index in [-0.39, 0.29) is 0 Å². The Hall–Kier alpha value is -0.120. The monoisotopic (exact) mass is 244 g/mol. The number of methoxy groups -OCH3 is 1. The lowest BCUT2D eigenvalue weighted by molar-refractivity contribution is 0.146. The summed E-state index contributed by atoms with van der Waals surface area (Å²) in [6.45, 7) is 13.3. The lowest BCUT2D eigenvalue weighted by Crippen LogP contribution is -2.44. The van der Waals surface area contributed by atoms with Crippen molar-refractivity contribution in [1.82, 2.24) is 10.2 Å². The van der Waals surface area contributed by atoms with E-state index in [9.17, 15) is 0 Å². The molecule has 0 saturated carbocycles. The predicted molar refractivity (Wildman–Crippen MR) is 75.5 cm³/mol. The molecule has 1 unspecified atom stereocenters. The smallest absolute Gasteiger partial charge is 0.0474 e. The van der Waals surface area contributed by atoms with Crippen molar-refractivity contribution in [2.45, 2.75) is 40.2 Å². The lowest BCUT2D eigenvalue weighted by Gasteiger charge is -2.31. The molecule has 0 spiro atoms. The van der Waals surface area contributed by atoms with Crippen LogP contribution in [0, 0.1) is 11.8 Å². The van der Waals surface area contributed by atoms with Gasteiger partial charge in [-0.3, -0.25) is 0 Å². The molecule has 17 heavy (non-hydrogen) atoms. The summed E-state index contributed by atoms with van der Waals surface area (Å²) in [6, 6.07) is 0.616. The molecule has 0 aromatic carbocycles. The number of rotatable bonds is 10. The van der Waals surface area contributed by atoms with Crippen molar-refractivity contribution < 1.29 is 4.74 Å². The van der Waals surface area contributed by atoms with E-state index < -0.39 is 0 Å². The van der Waals surface area contributed by atoms with Crippen LogP contribution in [0.3, 0.4) is 0 Å². The molecule has 0 aromatic rings. The maximum Gasteiger partial charge on any atom is 0.0474 e. The molecular formula is C14H32N2O. The summed E-state index contributed by atoms with van der Waals surface area (Å²) in [5.74, 6) is 1.41. The minimum absolute atomic E-state index is 0.616. The van der Waals surface area contributed by atoms with E-state index in [1.165, 1.54) is 0 Å². The van der Waals surface area contributed by atoms with Gasteiger partial charge in [0.25, 0.3) is 0 Å². The summed E-state index contributed by atoms with van der Waals surface area (Å²) in [5.41, 5.74) is 0. The number of nitrogens with one attached hydrogen (secondary N) is 1. The third-order valence-electron chi connectivity index (χ3n) is 3.10. The maximum absolute atomic E-state index is 5.10. The highest BCUT2D eigenvalue weighted by atomic mass is 16.5. The zero-order chi connectivity index (χ0) is 13.3. The molecule has 0 radical (unpaired) electrons. The highest BCUT2D eigenvalue weighted by Crippen LogP contribution is 2.09. The Labute approximate surface area is 108 Å². The zero-order valence-electron chi connectivity index (χ0n) is 12.6. The summed E-state index contributed by atoms with van der Waals surface area (Å²) in [6.07, 6.45) is 1.11. The molecule has 3 nitrogen and oxygen atoms in total. The molecular weight excluding hydrogens is 212 g/mol.